The van der Waals surface area contributed by atoms with E-state index in [0.717, 1.165) is 21.5 Å². The van der Waals surface area contributed by atoms with Crippen molar-refractivity contribution >= 4 is 33.2 Å². The summed E-state index contributed by atoms with van der Waals surface area (Å²) in [6, 6.07) is 5.52. The number of nitrogens with one attached hydrogen (secondary N) is 1. The van der Waals surface area contributed by atoms with Crippen molar-refractivity contribution in [3.63, 3.8) is 0 Å². The van der Waals surface area contributed by atoms with E-state index in [0.29, 0.717) is 5.56 Å². The summed E-state index contributed by atoms with van der Waals surface area (Å²) in [6.45, 7) is 6.03. The maximum atomic E-state index is 12.2. The fraction of sp³-hybridized carbons (Fsp3) is 0.333. The van der Waals surface area contributed by atoms with Gasteiger partial charge in [-0.15, -0.1) is 11.3 Å². The summed E-state index contributed by atoms with van der Waals surface area (Å²) in [6.07, 6.45) is 2.86. The predicted molar refractivity (Wildman–Crippen MR) is 86.3 cm³/mol. The highest BCUT2D eigenvalue weighted by Gasteiger charge is 2.14. The Bertz CT molecular complexity index is 624. The first-order chi connectivity index (χ1) is 9.51. The molecule has 1 amide bonds. The van der Waals surface area contributed by atoms with Crippen LogP contribution in [0.5, 0.6) is 0 Å². The molecule has 2 rings (SSSR count). The van der Waals surface area contributed by atoms with Gasteiger partial charge in [-0.2, -0.15) is 0 Å². The quantitative estimate of drug-likeness (QED) is 0.892. The van der Waals surface area contributed by atoms with E-state index in [-0.39, 0.29) is 11.9 Å². The fourth-order valence-corrected chi connectivity index (χ4v) is 2.92. The Kier molecular flexibility index (Phi) is 4.94. The van der Waals surface area contributed by atoms with E-state index in [1.54, 1.807) is 11.3 Å². The van der Waals surface area contributed by atoms with Crippen LogP contribution >= 0.6 is 27.3 Å². The molecule has 1 heterocycles. The zero-order valence-electron chi connectivity index (χ0n) is 11.7. The van der Waals surface area contributed by atoms with Crippen LogP contribution < -0.4 is 5.32 Å². The van der Waals surface area contributed by atoms with Crippen LogP contribution in [0.2, 0.25) is 0 Å². The van der Waals surface area contributed by atoms with Crippen LogP contribution in [0.4, 0.5) is 0 Å². The average molecular weight is 353 g/mol. The first-order valence-electron chi connectivity index (χ1n) is 6.53. The third-order valence-corrected chi connectivity index (χ3v) is 5.27. The van der Waals surface area contributed by atoms with Gasteiger partial charge >= 0.3 is 0 Å². The Morgan fingerprint density at radius 1 is 1.50 bits per heavy atom. The first-order valence-corrected chi connectivity index (χ1v) is 8.13. The molecule has 1 aromatic carbocycles. The molecular weight excluding hydrogens is 336 g/mol. The lowest BCUT2D eigenvalue weighted by Gasteiger charge is -2.12. The Hall–Kier alpha value is -1.20. The number of rotatable bonds is 4. The molecule has 2 aromatic rings. The minimum Gasteiger partial charge on any atom is -0.343 e. The molecule has 1 aromatic heterocycles. The van der Waals surface area contributed by atoms with Gasteiger partial charge in [0.15, 0.2) is 0 Å². The van der Waals surface area contributed by atoms with E-state index >= 15 is 0 Å². The lowest BCUT2D eigenvalue weighted by molar-refractivity contribution is 0.0939. The third kappa shape index (κ3) is 3.46. The van der Waals surface area contributed by atoms with Gasteiger partial charge in [-0.05, 0) is 44.0 Å². The molecule has 1 unspecified atom stereocenters. The Labute approximate surface area is 131 Å². The van der Waals surface area contributed by atoms with Crippen molar-refractivity contribution in [2.75, 3.05) is 0 Å². The van der Waals surface area contributed by atoms with E-state index in [1.165, 1.54) is 4.88 Å². The molecule has 0 aliphatic carbocycles. The number of aromatic nitrogens is 1. The van der Waals surface area contributed by atoms with Crippen LogP contribution in [0.3, 0.4) is 0 Å². The predicted octanol–water partition coefficient (Wildman–Crippen LogP) is 4.27. The molecule has 0 bridgehead atoms. The number of halogens is 1. The maximum Gasteiger partial charge on any atom is 0.251 e. The standard InChI is InChI=1S/C15H17BrN2OS/c1-4-12-8-17-15(20-12)10(3)18-14(19)11-5-6-13(16)9(2)7-11/h5-8,10H,4H2,1-3H3,(H,18,19). The van der Waals surface area contributed by atoms with Crippen molar-refractivity contribution in [1.29, 1.82) is 0 Å². The second kappa shape index (κ2) is 6.50. The number of aryl methyl sites for hydroxylation is 2. The van der Waals surface area contributed by atoms with Crippen molar-refractivity contribution in [2.45, 2.75) is 33.2 Å². The zero-order chi connectivity index (χ0) is 14.7. The smallest absolute Gasteiger partial charge is 0.251 e. The highest BCUT2D eigenvalue weighted by atomic mass is 79.9. The van der Waals surface area contributed by atoms with Crippen LogP contribution in [-0.4, -0.2) is 10.9 Å². The lowest BCUT2D eigenvalue weighted by atomic mass is 10.1. The second-order valence-electron chi connectivity index (χ2n) is 4.68. The number of carbonyl (C=O) groups excluding carboxylic acids is 1. The van der Waals surface area contributed by atoms with Gasteiger partial charge in [0.1, 0.15) is 5.01 Å². The van der Waals surface area contributed by atoms with Gasteiger partial charge in [0.2, 0.25) is 0 Å². The third-order valence-electron chi connectivity index (χ3n) is 3.06. The minimum absolute atomic E-state index is 0.0682. The molecule has 5 heteroatoms. The van der Waals surface area contributed by atoms with Crippen LogP contribution in [0.1, 0.15) is 45.7 Å². The van der Waals surface area contributed by atoms with Crippen molar-refractivity contribution in [2.24, 2.45) is 0 Å². The van der Waals surface area contributed by atoms with Gasteiger partial charge in [-0.25, -0.2) is 4.98 Å². The maximum absolute atomic E-state index is 12.2. The van der Waals surface area contributed by atoms with Crippen molar-refractivity contribution in [3.8, 4) is 0 Å². The van der Waals surface area contributed by atoms with Crippen LogP contribution in [0, 0.1) is 6.92 Å². The van der Waals surface area contributed by atoms with E-state index in [2.05, 4.69) is 33.2 Å². The summed E-state index contributed by atoms with van der Waals surface area (Å²) in [7, 11) is 0. The summed E-state index contributed by atoms with van der Waals surface area (Å²) in [5, 5.41) is 3.94. The number of hydrogen-bond acceptors (Lipinski definition) is 3. The van der Waals surface area contributed by atoms with E-state index in [4.69, 9.17) is 0 Å². The molecule has 1 N–H and O–H groups in total. The zero-order valence-corrected chi connectivity index (χ0v) is 14.1. The van der Waals surface area contributed by atoms with Crippen LogP contribution in [0.15, 0.2) is 28.9 Å². The Morgan fingerprint density at radius 3 is 2.85 bits per heavy atom. The number of carbonyl (C=O) groups is 1. The summed E-state index contributed by atoms with van der Waals surface area (Å²) in [4.78, 5) is 17.8. The average Bonchev–Trinajstić information content (AvgIpc) is 2.90. The van der Waals surface area contributed by atoms with E-state index < -0.39 is 0 Å². The van der Waals surface area contributed by atoms with Crippen molar-refractivity contribution in [1.82, 2.24) is 10.3 Å². The van der Waals surface area contributed by atoms with E-state index in [1.807, 2.05) is 38.2 Å². The molecule has 1 atom stereocenters. The molecule has 20 heavy (non-hydrogen) atoms. The highest BCUT2D eigenvalue weighted by molar-refractivity contribution is 9.10. The summed E-state index contributed by atoms with van der Waals surface area (Å²) in [5.74, 6) is -0.0682. The van der Waals surface area contributed by atoms with Crippen LogP contribution in [-0.2, 0) is 6.42 Å². The molecule has 3 nitrogen and oxygen atoms in total. The van der Waals surface area contributed by atoms with Gasteiger partial charge in [0.05, 0.1) is 6.04 Å². The fourth-order valence-electron chi connectivity index (χ4n) is 1.81. The number of benzene rings is 1. The molecule has 0 aliphatic rings. The highest BCUT2D eigenvalue weighted by Crippen LogP contribution is 2.21. The minimum atomic E-state index is -0.0725. The topological polar surface area (TPSA) is 42.0 Å². The largest absolute Gasteiger partial charge is 0.343 e. The van der Waals surface area contributed by atoms with Crippen LogP contribution in [0.25, 0.3) is 0 Å². The first kappa shape index (κ1) is 15.2. The molecule has 0 saturated carbocycles. The molecule has 0 radical (unpaired) electrons. The van der Waals surface area contributed by atoms with Gasteiger partial charge < -0.3 is 5.32 Å². The number of thiazole rings is 1. The summed E-state index contributed by atoms with van der Waals surface area (Å²) >= 11 is 5.09. The normalized spacial score (nSPS) is 12.2. The van der Waals surface area contributed by atoms with Gasteiger partial charge in [-0.3, -0.25) is 4.79 Å². The molecule has 0 aliphatic heterocycles. The lowest BCUT2D eigenvalue weighted by Crippen LogP contribution is -2.26. The monoisotopic (exact) mass is 352 g/mol. The number of amides is 1. The molecular formula is C15H17BrN2OS. The number of hydrogen-bond donors (Lipinski definition) is 1. The van der Waals surface area contributed by atoms with Crippen molar-refractivity contribution < 1.29 is 4.79 Å². The summed E-state index contributed by atoms with van der Waals surface area (Å²) < 4.78 is 1.01. The number of nitrogens with zero attached hydrogens (tertiary/aromatic N) is 1. The van der Waals surface area contributed by atoms with Crippen molar-refractivity contribution in [3.05, 3.63) is 49.9 Å². The van der Waals surface area contributed by atoms with E-state index in [9.17, 15) is 4.79 Å². The molecule has 106 valence electrons. The summed E-state index contributed by atoms with van der Waals surface area (Å²) in [5.41, 5.74) is 1.72. The SMILES string of the molecule is CCc1cnc(C(C)NC(=O)c2ccc(Br)c(C)c2)s1. The molecule has 0 fully saturated rings. The Balaban J connectivity index is 2.08. The van der Waals surface area contributed by atoms with Gasteiger partial charge in [-0.1, -0.05) is 22.9 Å². The molecule has 0 spiro atoms. The van der Waals surface area contributed by atoms with Gasteiger partial charge in [0.25, 0.3) is 5.91 Å². The second-order valence-corrected chi connectivity index (χ2v) is 6.68. The van der Waals surface area contributed by atoms with Gasteiger partial charge in [0, 0.05) is 21.1 Å². The Morgan fingerprint density at radius 2 is 2.25 bits per heavy atom. The molecule has 0 saturated heterocycles.